The van der Waals surface area contributed by atoms with E-state index in [-0.39, 0.29) is 6.04 Å². The molecule has 0 aliphatic carbocycles. The number of aliphatic hydroxyl groups excluding tert-OH is 1. The van der Waals surface area contributed by atoms with Gasteiger partial charge in [0.05, 0.1) is 18.5 Å². The highest BCUT2D eigenvalue weighted by molar-refractivity contribution is 6.33. The van der Waals surface area contributed by atoms with E-state index in [1.807, 2.05) is 34.9 Å². The molecule has 0 aliphatic rings. The van der Waals surface area contributed by atoms with Gasteiger partial charge in [-0.2, -0.15) is 0 Å². The van der Waals surface area contributed by atoms with Gasteiger partial charge in [-0.05, 0) is 13.3 Å². The van der Waals surface area contributed by atoms with Gasteiger partial charge in [0.2, 0.25) is 0 Å². The fourth-order valence-electron chi connectivity index (χ4n) is 2.87. The van der Waals surface area contributed by atoms with Crippen LogP contribution in [-0.2, 0) is 0 Å². The Hall–Kier alpha value is -1.98. The van der Waals surface area contributed by atoms with Crippen molar-refractivity contribution in [3.8, 4) is 11.4 Å². The first-order valence-corrected chi connectivity index (χ1v) is 8.63. The highest BCUT2D eigenvalue weighted by Crippen LogP contribution is 2.28. The predicted molar refractivity (Wildman–Crippen MR) is 96.0 cm³/mol. The van der Waals surface area contributed by atoms with Gasteiger partial charge in [-0.25, -0.2) is 15.0 Å². The van der Waals surface area contributed by atoms with Crippen molar-refractivity contribution in [2.24, 2.45) is 0 Å². The minimum Gasteiger partial charge on any atom is -0.391 e. The lowest BCUT2D eigenvalue weighted by atomic mass is 10.1. The van der Waals surface area contributed by atoms with Crippen LogP contribution in [0.1, 0.15) is 39.2 Å². The van der Waals surface area contributed by atoms with Crippen LogP contribution in [0.15, 0.2) is 36.7 Å². The normalized spacial score (nSPS) is 14.0. The lowest BCUT2D eigenvalue weighted by molar-refractivity contribution is 0.125. The fraction of sp³-hybridized carbons (Fsp3) is 0.389. The number of unbranched alkanes of at least 4 members (excludes halogenated alkanes) is 1. The summed E-state index contributed by atoms with van der Waals surface area (Å²) in [5, 5.41) is 10.5. The molecule has 2 heterocycles. The zero-order valence-corrected chi connectivity index (χ0v) is 14.6. The molecule has 2 aromatic heterocycles. The van der Waals surface area contributed by atoms with E-state index in [0.29, 0.717) is 22.1 Å². The number of aromatic nitrogens is 4. The number of imidazole rings is 1. The van der Waals surface area contributed by atoms with Crippen molar-refractivity contribution in [1.82, 2.24) is 19.5 Å². The number of halogens is 1. The molecular weight excluding hydrogens is 324 g/mol. The summed E-state index contributed by atoms with van der Waals surface area (Å²) in [5.74, 6) is 0.565. The molecule has 0 aliphatic heterocycles. The smallest absolute Gasteiger partial charge is 0.165 e. The van der Waals surface area contributed by atoms with E-state index in [1.165, 1.54) is 0 Å². The molecule has 24 heavy (non-hydrogen) atoms. The summed E-state index contributed by atoms with van der Waals surface area (Å²) in [7, 11) is 0. The average Bonchev–Trinajstić information content (AvgIpc) is 3.00. The van der Waals surface area contributed by atoms with E-state index < -0.39 is 6.10 Å². The lowest BCUT2D eigenvalue weighted by Crippen LogP contribution is -2.21. The first-order valence-electron chi connectivity index (χ1n) is 8.25. The van der Waals surface area contributed by atoms with Gasteiger partial charge in [0, 0.05) is 5.56 Å². The zero-order chi connectivity index (χ0) is 17.1. The fourth-order valence-corrected chi connectivity index (χ4v) is 3.08. The molecule has 6 heteroatoms. The largest absolute Gasteiger partial charge is 0.391 e. The summed E-state index contributed by atoms with van der Waals surface area (Å²) in [5.41, 5.74) is 2.13. The van der Waals surface area contributed by atoms with Crippen LogP contribution in [-0.4, -0.2) is 30.7 Å². The van der Waals surface area contributed by atoms with Crippen LogP contribution in [0.3, 0.4) is 0 Å². The van der Waals surface area contributed by atoms with Crippen molar-refractivity contribution in [2.45, 2.75) is 45.3 Å². The van der Waals surface area contributed by atoms with Crippen LogP contribution in [0.2, 0.25) is 5.15 Å². The Balaban J connectivity index is 2.11. The monoisotopic (exact) mass is 344 g/mol. The summed E-state index contributed by atoms with van der Waals surface area (Å²) >= 11 is 6.32. The van der Waals surface area contributed by atoms with Gasteiger partial charge in [-0.15, -0.1) is 0 Å². The highest BCUT2D eigenvalue weighted by Gasteiger charge is 2.21. The molecule has 0 saturated heterocycles. The number of aliphatic hydroxyl groups is 1. The Morgan fingerprint density at radius 1 is 1.21 bits per heavy atom. The molecule has 1 aromatic carbocycles. The van der Waals surface area contributed by atoms with Gasteiger partial charge in [-0.3, -0.25) is 0 Å². The third-order valence-corrected chi connectivity index (χ3v) is 4.44. The summed E-state index contributed by atoms with van der Waals surface area (Å²) in [6.07, 6.45) is 4.16. The molecule has 0 radical (unpaired) electrons. The van der Waals surface area contributed by atoms with E-state index in [4.69, 9.17) is 11.6 Å². The quantitative estimate of drug-likeness (QED) is 0.678. The Kier molecular flexibility index (Phi) is 5.11. The summed E-state index contributed by atoms with van der Waals surface area (Å²) in [6, 6.07) is 9.64. The number of rotatable bonds is 6. The molecule has 0 bridgehead atoms. The van der Waals surface area contributed by atoms with Crippen molar-refractivity contribution in [2.75, 3.05) is 0 Å². The van der Waals surface area contributed by atoms with E-state index in [9.17, 15) is 5.11 Å². The van der Waals surface area contributed by atoms with Crippen LogP contribution < -0.4 is 0 Å². The molecule has 1 N–H and O–H groups in total. The van der Waals surface area contributed by atoms with Crippen molar-refractivity contribution < 1.29 is 5.11 Å². The van der Waals surface area contributed by atoms with Gasteiger partial charge >= 0.3 is 0 Å². The summed E-state index contributed by atoms with van der Waals surface area (Å²) in [4.78, 5) is 13.4. The topological polar surface area (TPSA) is 63.8 Å². The van der Waals surface area contributed by atoms with Crippen LogP contribution in [0.4, 0.5) is 0 Å². The van der Waals surface area contributed by atoms with Crippen LogP contribution in [0.5, 0.6) is 0 Å². The first kappa shape index (κ1) is 16.9. The van der Waals surface area contributed by atoms with Crippen molar-refractivity contribution in [1.29, 1.82) is 0 Å². The van der Waals surface area contributed by atoms with Crippen LogP contribution in [0.25, 0.3) is 22.6 Å². The second-order valence-corrected chi connectivity index (χ2v) is 6.34. The lowest BCUT2D eigenvalue weighted by Gasteiger charge is -2.21. The number of hydrogen-bond acceptors (Lipinski definition) is 4. The Bertz CT molecular complexity index is 817. The van der Waals surface area contributed by atoms with E-state index >= 15 is 0 Å². The van der Waals surface area contributed by atoms with E-state index in [1.54, 1.807) is 13.3 Å². The molecular formula is C18H21ClN4O. The molecule has 2 atom stereocenters. The molecule has 0 saturated carbocycles. The minimum absolute atomic E-state index is 0.0791. The standard InChI is InChI=1S/C18H21ClN4O/c1-3-4-10-14(12(2)24)23-11-20-15-16(19)21-17(22-18(15)23)13-8-6-5-7-9-13/h5-9,11-12,14,24H,3-4,10H2,1-2H3/t12-,14+/m1/s1. The Labute approximate surface area is 146 Å². The zero-order valence-electron chi connectivity index (χ0n) is 13.9. The minimum atomic E-state index is -0.497. The predicted octanol–water partition coefficient (Wildman–Crippen LogP) is 4.26. The second-order valence-electron chi connectivity index (χ2n) is 5.98. The first-order chi connectivity index (χ1) is 11.6. The maximum atomic E-state index is 10.2. The third kappa shape index (κ3) is 3.28. The van der Waals surface area contributed by atoms with Gasteiger partial charge in [0.1, 0.15) is 5.52 Å². The van der Waals surface area contributed by atoms with Crippen molar-refractivity contribution in [3.05, 3.63) is 41.8 Å². The van der Waals surface area contributed by atoms with Gasteiger partial charge in [0.15, 0.2) is 16.6 Å². The summed E-state index contributed by atoms with van der Waals surface area (Å²) in [6.45, 7) is 3.94. The van der Waals surface area contributed by atoms with Crippen LogP contribution in [0, 0.1) is 0 Å². The molecule has 0 spiro atoms. The average molecular weight is 345 g/mol. The summed E-state index contributed by atoms with van der Waals surface area (Å²) < 4.78 is 1.93. The number of fused-ring (bicyclic) bond motifs is 1. The Morgan fingerprint density at radius 3 is 2.62 bits per heavy atom. The molecule has 5 nitrogen and oxygen atoms in total. The van der Waals surface area contributed by atoms with Crippen LogP contribution >= 0.6 is 11.6 Å². The Morgan fingerprint density at radius 2 is 1.96 bits per heavy atom. The number of nitrogens with zero attached hydrogens (tertiary/aromatic N) is 4. The molecule has 0 fully saturated rings. The van der Waals surface area contributed by atoms with Crippen molar-refractivity contribution in [3.63, 3.8) is 0 Å². The SMILES string of the molecule is CCCC[C@@H]([C@@H](C)O)n1cnc2c(Cl)nc(-c3ccccc3)nc21. The molecule has 0 unspecified atom stereocenters. The molecule has 3 aromatic rings. The molecule has 126 valence electrons. The molecule has 3 rings (SSSR count). The second kappa shape index (κ2) is 7.28. The molecule has 0 amide bonds. The highest BCUT2D eigenvalue weighted by atomic mass is 35.5. The van der Waals surface area contributed by atoms with Crippen molar-refractivity contribution >= 4 is 22.8 Å². The van der Waals surface area contributed by atoms with E-state index in [0.717, 1.165) is 24.8 Å². The van der Waals surface area contributed by atoms with E-state index in [2.05, 4.69) is 21.9 Å². The van der Waals surface area contributed by atoms with Gasteiger partial charge in [0.25, 0.3) is 0 Å². The van der Waals surface area contributed by atoms with Gasteiger partial charge < -0.3 is 9.67 Å². The van der Waals surface area contributed by atoms with Gasteiger partial charge in [-0.1, -0.05) is 61.7 Å². The maximum Gasteiger partial charge on any atom is 0.165 e. The third-order valence-electron chi connectivity index (χ3n) is 4.18. The maximum absolute atomic E-state index is 10.2. The number of hydrogen-bond donors (Lipinski definition) is 1. The number of benzene rings is 1.